The quantitative estimate of drug-likeness (QED) is 0.701. The molecule has 2 aliphatic heterocycles. The third kappa shape index (κ3) is 3.48. The maximum atomic E-state index is 12.9. The molecular weight excluding hydrogens is 380 g/mol. The van der Waals surface area contributed by atoms with Gasteiger partial charge in [0.2, 0.25) is 5.91 Å². The van der Waals surface area contributed by atoms with Crippen LogP contribution in [0.15, 0.2) is 34.5 Å². The fourth-order valence-corrected chi connectivity index (χ4v) is 4.31. The summed E-state index contributed by atoms with van der Waals surface area (Å²) in [6.07, 6.45) is -0.285. The first-order valence-corrected chi connectivity index (χ1v) is 9.88. The number of nitrogens with zero attached hydrogens (tertiary/aromatic N) is 2. The maximum Gasteiger partial charge on any atom is 0.338 e. The van der Waals surface area contributed by atoms with Crippen molar-refractivity contribution >= 4 is 28.8 Å². The number of hydrogen-bond acceptors (Lipinski definition) is 7. The molecule has 0 spiro atoms. The van der Waals surface area contributed by atoms with Crippen molar-refractivity contribution in [3.63, 3.8) is 0 Å². The lowest BCUT2D eigenvalue weighted by Gasteiger charge is -2.33. The van der Waals surface area contributed by atoms with Gasteiger partial charge in [-0.25, -0.2) is 9.79 Å². The van der Waals surface area contributed by atoms with Gasteiger partial charge >= 0.3 is 5.97 Å². The molecule has 0 radical (unpaired) electrons. The first kappa shape index (κ1) is 20.3. The Hall–Kier alpha value is -2.48. The second-order valence-electron chi connectivity index (χ2n) is 6.83. The van der Waals surface area contributed by atoms with E-state index >= 15 is 0 Å². The van der Waals surface area contributed by atoms with Crippen LogP contribution >= 0.6 is 11.8 Å². The summed E-state index contributed by atoms with van der Waals surface area (Å²) in [4.78, 5) is 31.9. The normalized spacial score (nSPS) is 21.6. The fraction of sp³-hybridized carbons (Fsp3) is 0.450. The molecule has 8 heteroatoms. The molecule has 1 aromatic carbocycles. The molecule has 150 valence electrons. The standard InChI is InChI=1S/C20H24N2O5S/c1-10(2)27-19(24)16-11(3)21-20-22(18(23)12(4)28-20)17(16)13-7-8-14(25-5)15(9-13)26-6/h7-10,12,17H,1-6H3/t12-,17-/m1/s1. The van der Waals surface area contributed by atoms with Crippen molar-refractivity contribution in [2.75, 3.05) is 14.2 Å². The minimum absolute atomic E-state index is 0.0918. The fourth-order valence-electron chi connectivity index (χ4n) is 3.28. The molecule has 2 aliphatic rings. The Labute approximate surface area is 168 Å². The lowest BCUT2D eigenvalue weighted by atomic mass is 9.94. The van der Waals surface area contributed by atoms with E-state index in [1.54, 1.807) is 52.0 Å². The van der Waals surface area contributed by atoms with Crippen molar-refractivity contribution in [3.8, 4) is 11.5 Å². The van der Waals surface area contributed by atoms with Crippen LogP contribution in [0.25, 0.3) is 0 Å². The number of amidine groups is 1. The van der Waals surface area contributed by atoms with Crippen LogP contribution in [0.5, 0.6) is 11.5 Å². The van der Waals surface area contributed by atoms with E-state index in [0.717, 1.165) is 5.56 Å². The van der Waals surface area contributed by atoms with Gasteiger partial charge in [0.1, 0.15) is 0 Å². The number of rotatable bonds is 5. The third-order valence-electron chi connectivity index (χ3n) is 4.54. The number of thioether (sulfide) groups is 1. The number of ether oxygens (including phenoxy) is 3. The number of methoxy groups -OCH3 is 2. The monoisotopic (exact) mass is 404 g/mol. The van der Waals surface area contributed by atoms with E-state index in [9.17, 15) is 9.59 Å². The Morgan fingerprint density at radius 2 is 1.89 bits per heavy atom. The number of hydrogen-bond donors (Lipinski definition) is 0. The Morgan fingerprint density at radius 1 is 1.21 bits per heavy atom. The Kier molecular flexibility index (Phi) is 5.69. The van der Waals surface area contributed by atoms with Crippen LogP contribution in [0.2, 0.25) is 0 Å². The third-order valence-corrected chi connectivity index (χ3v) is 5.60. The van der Waals surface area contributed by atoms with Crippen molar-refractivity contribution in [3.05, 3.63) is 35.0 Å². The molecule has 2 heterocycles. The average Bonchev–Trinajstić information content (AvgIpc) is 2.92. The van der Waals surface area contributed by atoms with Gasteiger partial charge in [-0.3, -0.25) is 9.69 Å². The zero-order valence-corrected chi connectivity index (χ0v) is 17.6. The van der Waals surface area contributed by atoms with Gasteiger partial charge in [0.25, 0.3) is 0 Å². The predicted molar refractivity (Wildman–Crippen MR) is 108 cm³/mol. The van der Waals surface area contributed by atoms with Gasteiger partial charge in [-0.1, -0.05) is 17.8 Å². The van der Waals surface area contributed by atoms with Crippen LogP contribution in [0.1, 0.15) is 39.3 Å². The van der Waals surface area contributed by atoms with Crippen LogP contribution in [0.3, 0.4) is 0 Å². The first-order chi connectivity index (χ1) is 13.3. The lowest BCUT2D eigenvalue weighted by Crippen LogP contribution is -2.40. The largest absolute Gasteiger partial charge is 0.493 e. The summed E-state index contributed by atoms with van der Waals surface area (Å²) in [6.45, 7) is 7.18. The highest BCUT2D eigenvalue weighted by Gasteiger charge is 2.46. The highest BCUT2D eigenvalue weighted by atomic mass is 32.2. The number of benzene rings is 1. The zero-order valence-electron chi connectivity index (χ0n) is 16.8. The van der Waals surface area contributed by atoms with E-state index in [4.69, 9.17) is 14.2 Å². The molecule has 3 rings (SSSR count). The molecule has 0 aliphatic carbocycles. The van der Waals surface area contributed by atoms with E-state index in [2.05, 4.69) is 4.99 Å². The van der Waals surface area contributed by atoms with E-state index in [1.807, 2.05) is 13.0 Å². The summed E-state index contributed by atoms with van der Waals surface area (Å²) in [5.74, 6) is 0.516. The molecule has 1 fully saturated rings. The van der Waals surface area contributed by atoms with Crippen molar-refractivity contribution in [2.45, 2.75) is 45.1 Å². The summed E-state index contributed by atoms with van der Waals surface area (Å²) < 4.78 is 16.2. The zero-order chi connectivity index (χ0) is 20.6. The predicted octanol–water partition coefficient (Wildman–Crippen LogP) is 3.30. The molecule has 0 aromatic heterocycles. The van der Waals surface area contributed by atoms with E-state index in [0.29, 0.717) is 27.9 Å². The first-order valence-electron chi connectivity index (χ1n) is 9.00. The summed E-state index contributed by atoms with van der Waals surface area (Å²) in [5.41, 5.74) is 1.63. The molecule has 2 atom stereocenters. The Morgan fingerprint density at radius 3 is 2.50 bits per heavy atom. The number of allylic oxidation sites excluding steroid dienone is 1. The van der Waals surface area contributed by atoms with Crippen molar-refractivity contribution in [2.24, 2.45) is 4.99 Å². The molecular formula is C20H24N2O5S. The SMILES string of the molecule is COc1ccc([C@@H]2C(C(=O)OC(C)C)=C(C)N=C3S[C@H](C)C(=O)N32)cc1OC. The molecule has 0 bridgehead atoms. The average molecular weight is 404 g/mol. The Bertz CT molecular complexity index is 877. The molecule has 28 heavy (non-hydrogen) atoms. The van der Waals surface area contributed by atoms with Crippen LogP contribution in [-0.4, -0.2) is 47.5 Å². The smallest absolute Gasteiger partial charge is 0.338 e. The van der Waals surface area contributed by atoms with Crippen molar-refractivity contribution in [1.82, 2.24) is 4.90 Å². The number of fused-ring (bicyclic) bond motifs is 1. The van der Waals surface area contributed by atoms with Gasteiger partial charge in [0.15, 0.2) is 16.7 Å². The van der Waals surface area contributed by atoms with Crippen molar-refractivity contribution in [1.29, 1.82) is 0 Å². The highest BCUT2D eigenvalue weighted by molar-refractivity contribution is 8.15. The summed E-state index contributed by atoms with van der Waals surface area (Å²) in [7, 11) is 3.10. The summed E-state index contributed by atoms with van der Waals surface area (Å²) >= 11 is 1.39. The van der Waals surface area contributed by atoms with Gasteiger partial charge in [-0.15, -0.1) is 0 Å². The second kappa shape index (κ2) is 7.87. The molecule has 1 saturated heterocycles. The molecule has 0 N–H and O–H groups in total. The van der Waals surface area contributed by atoms with Crippen LogP contribution in [-0.2, 0) is 14.3 Å². The molecule has 0 unspecified atom stereocenters. The van der Waals surface area contributed by atoms with Crippen LogP contribution in [0, 0.1) is 0 Å². The minimum Gasteiger partial charge on any atom is -0.493 e. The van der Waals surface area contributed by atoms with Crippen molar-refractivity contribution < 1.29 is 23.8 Å². The van der Waals surface area contributed by atoms with E-state index in [1.165, 1.54) is 11.8 Å². The minimum atomic E-state index is -0.636. The van der Waals surface area contributed by atoms with Gasteiger partial charge in [0, 0.05) is 0 Å². The molecule has 1 aromatic rings. The number of amides is 1. The Balaban J connectivity index is 2.16. The number of carbonyl (C=O) groups excluding carboxylic acids is 2. The lowest BCUT2D eigenvalue weighted by molar-refractivity contribution is -0.143. The van der Waals surface area contributed by atoms with Gasteiger partial charge in [0.05, 0.1) is 42.9 Å². The van der Waals surface area contributed by atoms with Crippen LogP contribution in [0.4, 0.5) is 0 Å². The van der Waals surface area contributed by atoms with Gasteiger partial charge in [-0.05, 0) is 45.4 Å². The maximum absolute atomic E-state index is 12.9. The number of aliphatic imine (C=N–C) groups is 1. The topological polar surface area (TPSA) is 77.4 Å². The molecule has 1 amide bonds. The molecule has 7 nitrogen and oxygen atoms in total. The van der Waals surface area contributed by atoms with Gasteiger partial charge < -0.3 is 14.2 Å². The summed E-state index contributed by atoms with van der Waals surface area (Å²) in [5, 5.41) is 0.325. The molecule has 0 saturated carbocycles. The summed E-state index contributed by atoms with van der Waals surface area (Å²) in [6, 6.07) is 4.73. The van der Waals surface area contributed by atoms with Gasteiger partial charge in [-0.2, -0.15) is 0 Å². The van der Waals surface area contributed by atoms with Crippen LogP contribution < -0.4 is 9.47 Å². The number of carbonyl (C=O) groups is 2. The second-order valence-corrected chi connectivity index (χ2v) is 8.14. The highest BCUT2D eigenvalue weighted by Crippen LogP contribution is 2.44. The number of esters is 1. The van der Waals surface area contributed by atoms with E-state index in [-0.39, 0.29) is 17.3 Å². The van der Waals surface area contributed by atoms with E-state index < -0.39 is 12.0 Å².